The van der Waals surface area contributed by atoms with Crippen molar-refractivity contribution in [1.82, 2.24) is 9.78 Å². The number of nitrogens with zero attached hydrogens (tertiary/aromatic N) is 2. The van der Waals surface area contributed by atoms with Gasteiger partial charge in [-0.2, -0.15) is 5.10 Å². The first-order chi connectivity index (χ1) is 14.4. The third-order valence-electron chi connectivity index (χ3n) is 4.93. The van der Waals surface area contributed by atoms with E-state index >= 15 is 0 Å². The van der Waals surface area contributed by atoms with Crippen LogP contribution < -0.4 is 5.32 Å². The number of halogens is 2. The number of carbonyl (C=O) groups excluding carboxylic acids is 1. The fraction of sp³-hybridized carbons (Fsp3) is 0.0833. The molecule has 0 aliphatic heterocycles. The summed E-state index contributed by atoms with van der Waals surface area (Å²) in [5, 5.41) is 8.81. The van der Waals surface area contributed by atoms with Crippen LogP contribution in [0.2, 0.25) is 10.0 Å². The minimum atomic E-state index is -0.265. The van der Waals surface area contributed by atoms with Crippen molar-refractivity contribution in [2.75, 3.05) is 5.32 Å². The summed E-state index contributed by atoms with van der Waals surface area (Å²) in [5.41, 5.74) is 5.49. The van der Waals surface area contributed by atoms with E-state index in [1.54, 1.807) is 28.9 Å². The zero-order valence-corrected chi connectivity index (χ0v) is 18.0. The Hall–Kier alpha value is -3.08. The van der Waals surface area contributed by atoms with Gasteiger partial charge in [0.25, 0.3) is 5.91 Å². The molecule has 3 aromatic carbocycles. The Bertz CT molecular complexity index is 1230. The summed E-state index contributed by atoms with van der Waals surface area (Å²) in [5.74, 6) is -0.265. The summed E-state index contributed by atoms with van der Waals surface area (Å²) < 4.78 is 1.60. The quantitative estimate of drug-likeness (QED) is 0.386. The van der Waals surface area contributed by atoms with Gasteiger partial charge in [0.2, 0.25) is 0 Å². The molecule has 4 rings (SSSR count). The van der Waals surface area contributed by atoms with E-state index < -0.39 is 0 Å². The van der Waals surface area contributed by atoms with Gasteiger partial charge >= 0.3 is 0 Å². The van der Waals surface area contributed by atoms with Crippen molar-refractivity contribution in [1.29, 1.82) is 0 Å². The minimum absolute atomic E-state index is 0.265. The molecule has 0 unspecified atom stereocenters. The third kappa shape index (κ3) is 4.11. The third-order valence-corrected chi connectivity index (χ3v) is 5.51. The highest BCUT2D eigenvalue weighted by Gasteiger charge is 2.19. The molecule has 0 saturated carbocycles. The number of anilines is 1. The van der Waals surface area contributed by atoms with Crippen molar-refractivity contribution in [3.63, 3.8) is 0 Å². The van der Waals surface area contributed by atoms with Crippen LogP contribution in [-0.2, 0) is 0 Å². The van der Waals surface area contributed by atoms with Crippen LogP contribution in [0.3, 0.4) is 0 Å². The van der Waals surface area contributed by atoms with Gasteiger partial charge in [0, 0.05) is 16.3 Å². The molecule has 1 N–H and O–H groups in total. The molecular weight excluding hydrogens is 417 g/mol. The molecule has 0 radical (unpaired) electrons. The van der Waals surface area contributed by atoms with Crippen molar-refractivity contribution >= 4 is 34.8 Å². The minimum Gasteiger partial charge on any atom is -0.321 e. The van der Waals surface area contributed by atoms with Crippen LogP contribution in [-0.4, -0.2) is 15.7 Å². The van der Waals surface area contributed by atoms with Crippen LogP contribution in [0, 0.1) is 13.8 Å². The Balaban J connectivity index is 1.78. The van der Waals surface area contributed by atoms with E-state index in [0.29, 0.717) is 21.4 Å². The van der Waals surface area contributed by atoms with Gasteiger partial charge in [0.15, 0.2) is 0 Å². The first-order valence-electron chi connectivity index (χ1n) is 9.42. The molecule has 0 bridgehead atoms. The molecule has 0 aliphatic carbocycles. The van der Waals surface area contributed by atoms with Crippen LogP contribution in [0.25, 0.3) is 16.9 Å². The first kappa shape index (κ1) is 20.2. The van der Waals surface area contributed by atoms with Crippen molar-refractivity contribution in [3.8, 4) is 16.9 Å². The number of hydrogen-bond acceptors (Lipinski definition) is 2. The SMILES string of the molecule is Cc1ccc(NC(=O)c2cc(-c3ccccc3Cl)nn2-c2ccc(Cl)cc2)cc1C. The molecular formula is C24H19Cl2N3O. The molecule has 0 saturated heterocycles. The Morgan fingerprint density at radius 2 is 1.63 bits per heavy atom. The Morgan fingerprint density at radius 3 is 2.33 bits per heavy atom. The van der Waals surface area contributed by atoms with E-state index in [1.165, 1.54) is 5.56 Å². The Labute approximate surface area is 185 Å². The predicted molar refractivity (Wildman–Crippen MR) is 123 cm³/mol. The maximum Gasteiger partial charge on any atom is 0.274 e. The fourth-order valence-corrected chi connectivity index (χ4v) is 3.50. The highest BCUT2D eigenvalue weighted by Crippen LogP contribution is 2.29. The van der Waals surface area contributed by atoms with Crippen molar-refractivity contribution in [3.05, 3.63) is 99.7 Å². The number of rotatable bonds is 4. The summed E-state index contributed by atoms with van der Waals surface area (Å²) in [4.78, 5) is 13.2. The molecule has 1 amide bonds. The summed E-state index contributed by atoms with van der Waals surface area (Å²) in [7, 11) is 0. The molecule has 4 aromatic rings. The molecule has 0 spiro atoms. The van der Waals surface area contributed by atoms with E-state index in [-0.39, 0.29) is 5.91 Å². The molecule has 6 heteroatoms. The lowest BCUT2D eigenvalue weighted by Gasteiger charge is -2.10. The molecule has 4 nitrogen and oxygen atoms in total. The van der Waals surface area contributed by atoms with Crippen LogP contribution in [0.4, 0.5) is 5.69 Å². The van der Waals surface area contributed by atoms with Crippen molar-refractivity contribution in [2.45, 2.75) is 13.8 Å². The first-order valence-corrected chi connectivity index (χ1v) is 10.2. The van der Waals surface area contributed by atoms with Gasteiger partial charge in [-0.25, -0.2) is 4.68 Å². The molecule has 30 heavy (non-hydrogen) atoms. The number of amides is 1. The second-order valence-electron chi connectivity index (χ2n) is 7.04. The van der Waals surface area contributed by atoms with E-state index in [1.807, 2.05) is 62.4 Å². The average molecular weight is 436 g/mol. The van der Waals surface area contributed by atoms with E-state index in [4.69, 9.17) is 23.2 Å². The lowest BCUT2D eigenvalue weighted by atomic mass is 10.1. The monoisotopic (exact) mass is 435 g/mol. The lowest BCUT2D eigenvalue weighted by molar-refractivity contribution is 0.101. The lowest BCUT2D eigenvalue weighted by Crippen LogP contribution is -2.17. The second kappa shape index (κ2) is 8.34. The van der Waals surface area contributed by atoms with Gasteiger partial charge in [-0.3, -0.25) is 4.79 Å². The maximum absolute atomic E-state index is 13.2. The number of aromatic nitrogens is 2. The standard InChI is InChI=1S/C24H19Cl2N3O/c1-15-7-10-18(13-16(15)2)27-24(30)23-14-22(20-5-3-4-6-21(20)26)28-29(23)19-11-8-17(25)9-12-19/h3-14H,1-2H3,(H,27,30). The summed E-state index contributed by atoms with van der Waals surface area (Å²) in [6.45, 7) is 4.05. The highest BCUT2D eigenvalue weighted by molar-refractivity contribution is 6.33. The number of nitrogens with one attached hydrogen (secondary N) is 1. The maximum atomic E-state index is 13.2. The van der Waals surface area contributed by atoms with Crippen molar-refractivity contribution < 1.29 is 4.79 Å². The topological polar surface area (TPSA) is 46.9 Å². The van der Waals surface area contributed by atoms with E-state index in [9.17, 15) is 4.79 Å². The summed E-state index contributed by atoms with van der Waals surface area (Å²) in [6, 6.07) is 22.1. The molecule has 1 heterocycles. The predicted octanol–water partition coefficient (Wildman–Crippen LogP) is 6.72. The van der Waals surface area contributed by atoms with Gasteiger partial charge < -0.3 is 5.32 Å². The smallest absolute Gasteiger partial charge is 0.274 e. The number of aryl methyl sites for hydroxylation is 2. The molecule has 1 aromatic heterocycles. The van der Waals surface area contributed by atoms with Gasteiger partial charge in [0.05, 0.1) is 16.4 Å². The molecule has 0 aliphatic rings. The van der Waals surface area contributed by atoms with E-state index in [0.717, 1.165) is 22.5 Å². The largest absolute Gasteiger partial charge is 0.321 e. The second-order valence-corrected chi connectivity index (χ2v) is 7.88. The van der Waals surface area contributed by atoms with Crippen LogP contribution >= 0.6 is 23.2 Å². The summed E-state index contributed by atoms with van der Waals surface area (Å²) in [6.07, 6.45) is 0. The van der Waals surface area contributed by atoms with Crippen LogP contribution in [0.1, 0.15) is 21.6 Å². The highest BCUT2D eigenvalue weighted by atomic mass is 35.5. The van der Waals surface area contributed by atoms with Crippen molar-refractivity contribution in [2.24, 2.45) is 0 Å². The van der Waals surface area contributed by atoms with Gasteiger partial charge in [-0.15, -0.1) is 0 Å². The van der Waals surface area contributed by atoms with E-state index in [2.05, 4.69) is 10.4 Å². The number of carbonyl (C=O) groups is 1. The fourth-order valence-electron chi connectivity index (χ4n) is 3.14. The average Bonchev–Trinajstić information content (AvgIpc) is 3.17. The molecule has 0 fully saturated rings. The van der Waals surface area contributed by atoms with Gasteiger partial charge in [-0.1, -0.05) is 47.5 Å². The Kier molecular flexibility index (Phi) is 5.62. The number of hydrogen-bond donors (Lipinski definition) is 1. The summed E-state index contributed by atoms with van der Waals surface area (Å²) >= 11 is 12.4. The van der Waals surface area contributed by atoms with Crippen LogP contribution in [0.5, 0.6) is 0 Å². The van der Waals surface area contributed by atoms with Gasteiger partial charge in [-0.05, 0) is 73.5 Å². The van der Waals surface area contributed by atoms with Gasteiger partial charge in [0.1, 0.15) is 5.69 Å². The number of benzene rings is 3. The zero-order chi connectivity index (χ0) is 21.3. The zero-order valence-electron chi connectivity index (χ0n) is 16.5. The molecule has 0 atom stereocenters. The Morgan fingerprint density at radius 1 is 0.900 bits per heavy atom. The van der Waals surface area contributed by atoms with Crippen LogP contribution in [0.15, 0.2) is 72.8 Å². The molecule has 150 valence electrons. The normalized spacial score (nSPS) is 10.8.